The van der Waals surface area contributed by atoms with Crippen molar-refractivity contribution >= 4 is 11.9 Å². The molecule has 0 aromatic heterocycles. The molecule has 0 aliphatic heterocycles. The van der Waals surface area contributed by atoms with E-state index in [1.807, 2.05) is 0 Å². The van der Waals surface area contributed by atoms with Gasteiger partial charge in [-0.2, -0.15) is 0 Å². The monoisotopic (exact) mass is 943 g/mol. The Labute approximate surface area is 421 Å². The van der Waals surface area contributed by atoms with Gasteiger partial charge in [0.25, 0.3) is 0 Å². The second-order valence-electron chi connectivity index (χ2n) is 18.4. The number of hydrogen-bond acceptors (Lipinski definition) is 5. The number of hydrogen-bond donors (Lipinski definition) is 0. The minimum Gasteiger partial charge on any atom is -0.462 e. The maximum Gasteiger partial charge on any atom is 0.306 e. The Kier molecular flexibility index (Phi) is 54.9. The first kappa shape index (κ1) is 64.6. The summed E-state index contributed by atoms with van der Waals surface area (Å²) in [6.07, 6.45) is 79.6. The Morgan fingerprint density at radius 2 is 0.662 bits per heavy atom. The van der Waals surface area contributed by atoms with Crippen LogP contribution in [0.1, 0.15) is 252 Å². The van der Waals surface area contributed by atoms with Crippen molar-refractivity contribution in [1.82, 2.24) is 0 Å². The molecule has 5 nitrogen and oxygen atoms in total. The Hall–Kier alpha value is -3.44. The molecular formula is C63H106O5. The first-order valence-corrected chi connectivity index (χ1v) is 28.4. The van der Waals surface area contributed by atoms with Crippen LogP contribution in [0, 0.1) is 0 Å². The Bertz CT molecular complexity index is 1340. The van der Waals surface area contributed by atoms with E-state index in [4.69, 9.17) is 14.2 Å². The minimum absolute atomic E-state index is 0.0606. The van der Waals surface area contributed by atoms with Crippen LogP contribution in [0.4, 0.5) is 0 Å². The largest absolute Gasteiger partial charge is 0.462 e. The third-order valence-electron chi connectivity index (χ3n) is 11.8. The zero-order chi connectivity index (χ0) is 49.2. The number of esters is 2. The van der Waals surface area contributed by atoms with E-state index >= 15 is 0 Å². The molecule has 68 heavy (non-hydrogen) atoms. The van der Waals surface area contributed by atoms with Gasteiger partial charge >= 0.3 is 11.9 Å². The predicted octanol–water partition coefficient (Wildman–Crippen LogP) is 19.6. The molecule has 0 saturated heterocycles. The number of carbonyl (C=O) groups excluding carboxylic acids is 2. The average Bonchev–Trinajstić information content (AvgIpc) is 3.34. The molecule has 0 bridgehead atoms. The number of unbranched alkanes of at least 4 members (excludes halogenated alkanes) is 22. The van der Waals surface area contributed by atoms with Gasteiger partial charge < -0.3 is 14.2 Å². The third-order valence-corrected chi connectivity index (χ3v) is 11.8. The molecular weight excluding hydrogens is 837 g/mol. The normalized spacial score (nSPS) is 13.0. The molecule has 388 valence electrons. The van der Waals surface area contributed by atoms with Crippen LogP contribution in [-0.2, 0) is 23.8 Å². The fourth-order valence-corrected chi connectivity index (χ4v) is 7.60. The Morgan fingerprint density at radius 1 is 0.338 bits per heavy atom. The molecule has 1 unspecified atom stereocenters. The zero-order valence-electron chi connectivity index (χ0n) is 44.6. The lowest BCUT2D eigenvalue weighted by Crippen LogP contribution is -2.30. The number of ether oxygens (including phenoxy) is 3. The number of allylic oxidation sites excluding steroid dienone is 18. The van der Waals surface area contributed by atoms with Crippen molar-refractivity contribution in [3.63, 3.8) is 0 Å². The SMILES string of the molecule is CC/C=C\C/C=C\C/C=C\C/C=C\CCCCCCC(=O)OCC(COCCCCCCCCCC/C=C\C/C=C\C/C=C\CC)OC(=O)CCCCCCCCC/C=C\C/C=C\CCCCC. The fraction of sp³-hybridized carbons (Fsp3) is 0.683. The van der Waals surface area contributed by atoms with Gasteiger partial charge in [-0.3, -0.25) is 9.59 Å². The predicted molar refractivity (Wildman–Crippen MR) is 297 cm³/mol. The molecule has 0 spiro atoms. The molecule has 0 radical (unpaired) electrons. The summed E-state index contributed by atoms with van der Waals surface area (Å²) in [7, 11) is 0. The van der Waals surface area contributed by atoms with Crippen molar-refractivity contribution in [3.05, 3.63) is 109 Å². The molecule has 0 aliphatic carbocycles. The molecule has 0 fully saturated rings. The van der Waals surface area contributed by atoms with Crippen LogP contribution < -0.4 is 0 Å². The average molecular weight is 944 g/mol. The van der Waals surface area contributed by atoms with Gasteiger partial charge in [0, 0.05) is 19.4 Å². The van der Waals surface area contributed by atoms with Gasteiger partial charge in [0.15, 0.2) is 6.10 Å². The standard InChI is InChI=1S/C63H106O5/c1-4-7-10-13-16-19-22-25-28-31-34-37-40-43-46-49-52-55-58-66-59-61(68-63(65)57-54-51-48-45-42-39-36-33-30-27-24-21-18-15-12-9-6-3)60-67-62(64)56-53-50-47-44-41-38-35-32-29-26-23-20-17-14-11-8-5-2/h7-8,10-11,16-21,25-30,35,38,61H,4-6,9,12-15,22-24,31-34,36-37,39-60H2,1-3H3/b10-7-,11-8-,19-16-,20-17-,21-18-,28-25-,29-26-,30-27-,38-35-. The molecule has 5 heteroatoms. The summed E-state index contributed by atoms with van der Waals surface area (Å²) in [5.41, 5.74) is 0. The number of carbonyl (C=O) groups is 2. The lowest BCUT2D eigenvalue weighted by molar-refractivity contribution is -0.163. The topological polar surface area (TPSA) is 61.8 Å². The molecule has 1 atom stereocenters. The van der Waals surface area contributed by atoms with Gasteiger partial charge in [0.05, 0.1) is 6.61 Å². The van der Waals surface area contributed by atoms with Crippen LogP contribution in [0.2, 0.25) is 0 Å². The van der Waals surface area contributed by atoms with Crippen LogP contribution in [0.5, 0.6) is 0 Å². The van der Waals surface area contributed by atoms with Crippen molar-refractivity contribution in [2.45, 2.75) is 258 Å². The summed E-state index contributed by atoms with van der Waals surface area (Å²) in [5, 5.41) is 0. The van der Waals surface area contributed by atoms with Gasteiger partial charge in [0.1, 0.15) is 6.61 Å². The molecule has 0 N–H and O–H groups in total. The van der Waals surface area contributed by atoms with Crippen molar-refractivity contribution in [2.24, 2.45) is 0 Å². The number of rotatable bonds is 51. The van der Waals surface area contributed by atoms with E-state index in [2.05, 4.69) is 130 Å². The Balaban J connectivity index is 4.36. The maximum atomic E-state index is 12.9. The summed E-state index contributed by atoms with van der Waals surface area (Å²) in [6.45, 7) is 7.54. The van der Waals surface area contributed by atoms with Crippen LogP contribution >= 0.6 is 0 Å². The van der Waals surface area contributed by atoms with E-state index in [1.54, 1.807) is 0 Å². The van der Waals surface area contributed by atoms with Crippen molar-refractivity contribution in [1.29, 1.82) is 0 Å². The summed E-state index contributed by atoms with van der Waals surface area (Å²) in [4.78, 5) is 25.5. The third kappa shape index (κ3) is 55.2. The van der Waals surface area contributed by atoms with Gasteiger partial charge in [-0.05, 0) is 122 Å². The van der Waals surface area contributed by atoms with E-state index in [-0.39, 0.29) is 25.2 Å². The highest BCUT2D eigenvalue weighted by Gasteiger charge is 2.17. The van der Waals surface area contributed by atoms with E-state index < -0.39 is 6.10 Å². The van der Waals surface area contributed by atoms with Gasteiger partial charge in [-0.15, -0.1) is 0 Å². The summed E-state index contributed by atoms with van der Waals surface area (Å²) in [5.74, 6) is -0.438. The summed E-state index contributed by atoms with van der Waals surface area (Å²) < 4.78 is 17.5. The molecule has 0 amide bonds. The molecule has 0 rings (SSSR count). The fourth-order valence-electron chi connectivity index (χ4n) is 7.60. The summed E-state index contributed by atoms with van der Waals surface area (Å²) in [6, 6.07) is 0. The molecule has 0 heterocycles. The second-order valence-corrected chi connectivity index (χ2v) is 18.4. The van der Waals surface area contributed by atoms with E-state index in [9.17, 15) is 9.59 Å². The smallest absolute Gasteiger partial charge is 0.306 e. The van der Waals surface area contributed by atoms with Crippen LogP contribution in [0.3, 0.4) is 0 Å². The highest BCUT2D eigenvalue weighted by atomic mass is 16.6. The van der Waals surface area contributed by atoms with Gasteiger partial charge in [-0.25, -0.2) is 0 Å². The lowest BCUT2D eigenvalue weighted by Gasteiger charge is -2.18. The molecule has 0 aromatic rings. The first-order valence-electron chi connectivity index (χ1n) is 28.4. The van der Waals surface area contributed by atoms with Crippen molar-refractivity contribution in [2.75, 3.05) is 19.8 Å². The van der Waals surface area contributed by atoms with Gasteiger partial charge in [-0.1, -0.05) is 226 Å². The summed E-state index contributed by atoms with van der Waals surface area (Å²) >= 11 is 0. The lowest BCUT2D eigenvalue weighted by atomic mass is 10.1. The van der Waals surface area contributed by atoms with E-state index in [0.717, 1.165) is 116 Å². The van der Waals surface area contributed by atoms with Crippen LogP contribution in [0.25, 0.3) is 0 Å². The van der Waals surface area contributed by atoms with E-state index in [0.29, 0.717) is 19.4 Å². The molecule has 0 saturated carbocycles. The van der Waals surface area contributed by atoms with Crippen LogP contribution in [0.15, 0.2) is 109 Å². The first-order chi connectivity index (χ1) is 33.6. The molecule has 0 aliphatic rings. The quantitative estimate of drug-likeness (QED) is 0.0345. The molecule has 0 aromatic carbocycles. The van der Waals surface area contributed by atoms with Crippen molar-refractivity contribution in [3.8, 4) is 0 Å². The maximum absolute atomic E-state index is 12.9. The van der Waals surface area contributed by atoms with Crippen LogP contribution in [-0.4, -0.2) is 37.9 Å². The zero-order valence-corrected chi connectivity index (χ0v) is 44.6. The van der Waals surface area contributed by atoms with Gasteiger partial charge in [0.2, 0.25) is 0 Å². The van der Waals surface area contributed by atoms with E-state index in [1.165, 1.54) is 103 Å². The second kappa shape index (κ2) is 57.9. The highest BCUT2D eigenvalue weighted by Crippen LogP contribution is 2.14. The minimum atomic E-state index is -0.562. The van der Waals surface area contributed by atoms with Crippen molar-refractivity contribution < 1.29 is 23.8 Å². The Morgan fingerprint density at radius 3 is 1.06 bits per heavy atom. The highest BCUT2D eigenvalue weighted by molar-refractivity contribution is 5.70.